The molecular weight excluding hydrogens is 278 g/mol. The normalized spacial score (nSPS) is 26.2. The number of hydrogen-bond donors (Lipinski definition) is 1. The van der Waals surface area contributed by atoms with Gasteiger partial charge >= 0.3 is 0 Å². The Morgan fingerprint density at radius 1 is 0.909 bits per heavy atom. The number of hydrogen-bond acceptors (Lipinski definition) is 3. The lowest BCUT2D eigenvalue weighted by atomic mass is 9.95. The lowest BCUT2D eigenvalue weighted by molar-refractivity contribution is -0.0809. The molecule has 5 heteroatoms. The van der Waals surface area contributed by atoms with E-state index in [-0.39, 0.29) is 6.04 Å². The van der Waals surface area contributed by atoms with Crippen LogP contribution in [0, 0.1) is 0 Å². The molecule has 0 aromatic rings. The maximum absolute atomic E-state index is 10.8. The number of nitrogens with zero attached hydrogens (tertiary/aromatic N) is 3. The number of aliphatic imine (C=N–C) groups is 1. The monoisotopic (exact) mass is 309 g/mol. The Balaban J connectivity index is 1.72. The molecule has 1 heterocycles. The lowest BCUT2D eigenvalue weighted by Gasteiger charge is -2.38. The lowest BCUT2D eigenvalue weighted by Crippen LogP contribution is -2.52. The van der Waals surface area contributed by atoms with E-state index in [1.807, 2.05) is 0 Å². The Morgan fingerprint density at radius 3 is 2.14 bits per heavy atom. The van der Waals surface area contributed by atoms with Gasteiger partial charge in [-0.05, 0) is 25.7 Å². The van der Waals surface area contributed by atoms with E-state index < -0.39 is 0 Å². The summed E-state index contributed by atoms with van der Waals surface area (Å²) in [4.78, 5) is 7.23. The van der Waals surface area contributed by atoms with Crippen molar-refractivity contribution in [1.29, 1.82) is 0 Å². The number of rotatable bonds is 2. The summed E-state index contributed by atoms with van der Waals surface area (Å²) < 4.78 is 5.47. The van der Waals surface area contributed by atoms with Crippen molar-refractivity contribution in [3.05, 3.63) is 0 Å². The SMILES string of the molecule is ON(C(=NC1CCCCC1)N1CCOCC1)C1CCCCC1. The molecule has 1 saturated heterocycles. The van der Waals surface area contributed by atoms with Gasteiger partial charge in [-0.15, -0.1) is 0 Å². The van der Waals surface area contributed by atoms with E-state index in [9.17, 15) is 5.21 Å². The average molecular weight is 309 g/mol. The van der Waals surface area contributed by atoms with Gasteiger partial charge in [-0.3, -0.25) is 5.21 Å². The van der Waals surface area contributed by atoms with Crippen molar-refractivity contribution in [2.75, 3.05) is 26.3 Å². The Labute approximate surface area is 134 Å². The minimum absolute atomic E-state index is 0.249. The van der Waals surface area contributed by atoms with Crippen molar-refractivity contribution in [3.63, 3.8) is 0 Å². The van der Waals surface area contributed by atoms with Crippen LogP contribution in [0.5, 0.6) is 0 Å². The highest BCUT2D eigenvalue weighted by Crippen LogP contribution is 2.25. The summed E-state index contributed by atoms with van der Waals surface area (Å²) in [5.74, 6) is 0.821. The molecule has 2 aliphatic carbocycles. The summed E-state index contributed by atoms with van der Waals surface area (Å²) in [7, 11) is 0. The highest BCUT2D eigenvalue weighted by atomic mass is 16.5. The first kappa shape index (κ1) is 16.1. The molecule has 0 aromatic heterocycles. The van der Waals surface area contributed by atoms with Crippen molar-refractivity contribution < 1.29 is 9.94 Å². The molecule has 2 saturated carbocycles. The molecule has 3 aliphatic rings. The fourth-order valence-electron chi connectivity index (χ4n) is 3.91. The van der Waals surface area contributed by atoms with Crippen molar-refractivity contribution in [2.45, 2.75) is 76.3 Å². The Morgan fingerprint density at radius 2 is 1.50 bits per heavy atom. The van der Waals surface area contributed by atoms with Crippen LogP contribution in [0.1, 0.15) is 64.2 Å². The summed E-state index contributed by atoms with van der Waals surface area (Å²) >= 11 is 0. The van der Waals surface area contributed by atoms with Gasteiger partial charge in [-0.2, -0.15) is 0 Å². The second-order valence-electron chi connectivity index (χ2n) is 6.96. The van der Waals surface area contributed by atoms with Crippen LogP contribution in [0.15, 0.2) is 4.99 Å². The van der Waals surface area contributed by atoms with Crippen LogP contribution in [-0.2, 0) is 4.74 Å². The van der Waals surface area contributed by atoms with Gasteiger partial charge in [0.25, 0.3) is 0 Å². The Hall–Kier alpha value is -0.810. The summed E-state index contributed by atoms with van der Waals surface area (Å²) in [6.07, 6.45) is 12.2. The number of guanidine groups is 1. The van der Waals surface area contributed by atoms with E-state index in [1.165, 1.54) is 56.4 Å². The van der Waals surface area contributed by atoms with Crippen LogP contribution < -0.4 is 0 Å². The van der Waals surface area contributed by atoms with Crippen LogP contribution >= 0.6 is 0 Å². The topological polar surface area (TPSA) is 48.3 Å². The highest BCUT2D eigenvalue weighted by molar-refractivity contribution is 5.79. The van der Waals surface area contributed by atoms with Gasteiger partial charge in [0.2, 0.25) is 5.96 Å². The molecule has 0 atom stereocenters. The minimum Gasteiger partial charge on any atom is -0.378 e. The quantitative estimate of drug-likeness (QED) is 0.484. The van der Waals surface area contributed by atoms with Crippen LogP contribution in [0.3, 0.4) is 0 Å². The molecule has 0 amide bonds. The third kappa shape index (κ3) is 4.13. The molecule has 1 N–H and O–H groups in total. The smallest absolute Gasteiger partial charge is 0.221 e. The number of ether oxygens (including phenoxy) is 1. The molecule has 0 aromatic carbocycles. The molecule has 3 fully saturated rings. The van der Waals surface area contributed by atoms with E-state index in [1.54, 1.807) is 0 Å². The van der Waals surface area contributed by atoms with Gasteiger partial charge in [-0.1, -0.05) is 38.5 Å². The molecule has 1 aliphatic heterocycles. The molecule has 126 valence electrons. The summed E-state index contributed by atoms with van der Waals surface area (Å²) in [5, 5.41) is 12.3. The predicted molar refractivity (Wildman–Crippen MR) is 87.2 cm³/mol. The van der Waals surface area contributed by atoms with Crippen molar-refractivity contribution >= 4 is 5.96 Å². The number of hydroxylamine groups is 2. The highest BCUT2D eigenvalue weighted by Gasteiger charge is 2.28. The van der Waals surface area contributed by atoms with E-state index >= 15 is 0 Å². The van der Waals surface area contributed by atoms with Gasteiger partial charge in [0.1, 0.15) is 0 Å². The fraction of sp³-hybridized carbons (Fsp3) is 0.941. The first-order valence-electron chi connectivity index (χ1n) is 9.23. The Kier molecular flexibility index (Phi) is 5.96. The largest absolute Gasteiger partial charge is 0.378 e. The van der Waals surface area contributed by atoms with Gasteiger partial charge in [0.05, 0.1) is 25.3 Å². The van der Waals surface area contributed by atoms with Gasteiger partial charge < -0.3 is 9.64 Å². The zero-order chi connectivity index (χ0) is 15.2. The Bertz CT molecular complexity index is 357. The summed E-state index contributed by atoms with van der Waals surface area (Å²) in [5.41, 5.74) is 0. The molecule has 3 rings (SSSR count). The second kappa shape index (κ2) is 8.16. The molecule has 0 radical (unpaired) electrons. The third-order valence-corrected chi connectivity index (χ3v) is 5.29. The van der Waals surface area contributed by atoms with Crippen molar-refractivity contribution in [2.24, 2.45) is 4.99 Å². The standard InChI is InChI=1S/C17H31N3O2/c21-20(16-9-5-2-6-10-16)17(19-11-13-22-14-12-19)18-15-7-3-1-4-8-15/h15-16,21H,1-14H2. The molecular formula is C17H31N3O2. The van der Waals surface area contributed by atoms with Crippen molar-refractivity contribution in [3.8, 4) is 0 Å². The maximum Gasteiger partial charge on any atom is 0.221 e. The molecule has 0 bridgehead atoms. The summed E-state index contributed by atoms with van der Waals surface area (Å²) in [6, 6.07) is 0.642. The van der Waals surface area contributed by atoms with Crippen LogP contribution in [0.2, 0.25) is 0 Å². The zero-order valence-corrected chi connectivity index (χ0v) is 13.8. The molecule has 5 nitrogen and oxygen atoms in total. The zero-order valence-electron chi connectivity index (χ0n) is 13.8. The van der Waals surface area contributed by atoms with Crippen molar-refractivity contribution in [1.82, 2.24) is 9.96 Å². The van der Waals surface area contributed by atoms with E-state index in [2.05, 4.69) is 4.90 Å². The fourth-order valence-corrected chi connectivity index (χ4v) is 3.91. The second-order valence-corrected chi connectivity index (χ2v) is 6.96. The maximum atomic E-state index is 10.8. The van der Waals surface area contributed by atoms with Gasteiger partial charge in [-0.25, -0.2) is 10.1 Å². The molecule has 0 spiro atoms. The molecule has 22 heavy (non-hydrogen) atoms. The van der Waals surface area contributed by atoms with E-state index in [0.717, 1.165) is 45.1 Å². The van der Waals surface area contributed by atoms with Crippen LogP contribution in [0.25, 0.3) is 0 Å². The summed E-state index contributed by atoms with van der Waals surface area (Å²) in [6.45, 7) is 3.16. The predicted octanol–water partition coefficient (Wildman–Crippen LogP) is 3.03. The van der Waals surface area contributed by atoms with Gasteiger partial charge in [0, 0.05) is 13.1 Å². The minimum atomic E-state index is 0.249. The van der Waals surface area contributed by atoms with Crippen LogP contribution in [0.4, 0.5) is 0 Å². The first-order valence-corrected chi connectivity index (χ1v) is 9.23. The number of morpholine rings is 1. The van der Waals surface area contributed by atoms with E-state index in [0.29, 0.717) is 6.04 Å². The first-order chi connectivity index (χ1) is 10.8. The molecule has 0 unspecified atom stereocenters. The van der Waals surface area contributed by atoms with E-state index in [4.69, 9.17) is 9.73 Å². The van der Waals surface area contributed by atoms with Gasteiger partial charge in [0.15, 0.2) is 0 Å². The third-order valence-electron chi connectivity index (χ3n) is 5.29. The average Bonchev–Trinajstić information content (AvgIpc) is 2.61. The van der Waals surface area contributed by atoms with Crippen LogP contribution in [-0.4, -0.2) is 59.5 Å².